The predicted molar refractivity (Wildman–Crippen MR) is 117 cm³/mol. The number of carbonyl (C=O) groups is 3. The van der Waals surface area contributed by atoms with Gasteiger partial charge in [0.05, 0.1) is 0 Å². The quantitative estimate of drug-likeness (QED) is 0.600. The molecule has 7 nitrogen and oxygen atoms in total. The van der Waals surface area contributed by atoms with E-state index in [1.54, 1.807) is 13.8 Å². The molecule has 0 radical (unpaired) electrons. The first-order valence-corrected chi connectivity index (χ1v) is 10.3. The Balaban J connectivity index is 1.54. The summed E-state index contributed by atoms with van der Waals surface area (Å²) < 4.78 is 5.55. The van der Waals surface area contributed by atoms with E-state index in [4.69, 9.17) is 9.84 Å². The van der Waals surface area contributed by atoms with Crippen LogP contribution in [0.4, 0.5) is 4.79 Å². The van der Waals surface area contributed by atoms with Gasteiger partial charge >= 0.3 is 12.1 Å². The summed E-state index contributed by atoms with van der Waals surface area (Å²) in [7, 11) is 0. The molecule has 3 rings (SSSR count). The van der Waals surface area contributed by atoms with Gasteiger partial charge in [-0.25, -0.2) is 4.79 Å². The van der Waals surface area contributed by atoms with Crippen molar-refractivity contribution in [2.24, 2.45) is 0 Å². The fourth-order valence-electron chi connectivity index (χ4n) is 3.77. The second kappa shape index (κ2) is 9.20. The van der Waals surface area contributed by atoms with Crippen LogP contribution in [0.25, 0.3) is 11.1 Å². The lowest BCUT2D eigenvalue weighted by Gasteiger charge is -2.26. The lowest BCUT2D eigenvalue weighted by Crippen LogP contribution is -2.45. The molecule has 0 spiro atoms. The molecule has 0 heterocycles. The zero-order valence-electron chi connectivity index (χ0n) is 18.0. The van der Waals surface area contributed by atoms with Crippen molar-refractivity contribution < 1.29 is 24.2 Å². The fourth-order valence-corrected chi connectivity index (χ4v) is 3.77. The van der Waals surface area contributed by atoms with Gasteiger partial charge in [0.25, 0.3) is 0 Å². The highest BCUT2D eigenvalue weighted by molar-refractivity contribution is 5.83. The predicted octanol–water partition coefficient (Wildman–Crippen LogP) is 3.67. The van der Waals surface area contributed by atoms with Gasteiger partial charge in [0.2, 0.25) is 5.91 Å². The van der Waals surface area contributed by atoms with E-state index in [1.165, 1.54) is 6.92 Å². The molecule has 0 saturated carbocycles. The molecule has 0 aromatic heterocycles. The van der Waals surface area contributed by atoms with Crippen LogP contribution in [-0.4, -0.2) is 41.3 Å². The number of nitrogens with one attached hydrogen (secondary N) is 2. The molecule has 1 aliphatic carbocycles. The summed E-state index contributed by atoms with van der Waals surface area (Å²) in [6, 6.07) is 15.3. The Labute approximate surface area is 181 Å². The van der Waals surface area contributed by atoms with Crippen LogP contribution in [0.15, 0.2) is 48.5 Å². The van der Waals surface area contributed by atoms with Crippen molar-refractivity contribution in [2.45, 2.75) is 51.1 Å². The van der Waals surface area contributed by atoms with Gasteiger partial charge in [-0.3, -0.25) is 9.59 Å². The summed E-state index contributed by atoms with van der Waals surface area (Å²) >= 11 is 0. The third-order valence-electron chi connectivity index (χ3n) is 5.51. The summed E-state index contributed by atoms with van der Waals surface area (Å²) in [5.41, 5.74) is 3.91. The molecular weight excluding hydrogens is 396 g/mol. The van der Waals surface area contributed by atoms with Crippen LogP contribution in [0, 0.1) is 0 Å². The van der Waals surface area contributed by atoms with Gasteiger partial charge < -0.3 is 20.5 Å². The summed E-state index contributed by atoms with van der Waals surface area (Å²) in [5, 5.41) is 14.1. The molecule has 31 heavy (non-hydrogen) atoms. The number of aliphatic carboxylic acids is 1. The van der Waals surface area contributed by atoms with E-state index < -0.39 is 23.6 Å². The number of carboxylic acids is 1. The zero-order chi connectivity index (χ0) is 22.6. The van der Waals surface area contributed by atoms with Crippen LogP contribution in [0.2, 0.25) is 0 Å². The van der Waals surface area contributed by atoms with E-state index in [1.807, 2.05) is 24.3 Å². The first kappa shape index (κ1) is 22.3. The number of carbonyl (C=O) groups excluding carboxylic acids is 2. The number of hydrogen-bond acceptors (Lipinski definition) is 4. The van der Waals surface area contributed by atoms with Gasteiger partial charge in [-0.1, -0.05) is 48.5 Å². The molecule has 0 unspecified atom stereocenters. The first-order chi connectivity index (χ1) is 14.7. The minimum absolute atomic E-state index is 0.0236. The number of fused-ring (bicyclic) bond motifs is 3. The average Bonchev–Trinajstić information content (AvgIpc) is 3.04. The van der Waals surface area contributed by atoms with Crippen LogP contribution in [-0.2, 0) is 14.3 Å². The van der Waals surface area contributed by atoms with Crippen molar-refractivity contribution in [3.05, 3.63) is 59.7 Å². The first-order valence-electron chi connectivity index (χ1n) is 10.3. The molecule has 2 aromatic carbocycles. The van der Waals surface area contributed by atoms with Crippen molar-refractivity contribution >= 4 is 18.0 Å². The second-order valence-electron chi connectivity index (χ2n) is 8.46. The highest BCUT2D eigenvalue weighted by Crippen LogP contribution is 2.44. The Morgan fingerprint density at radius 3 is 2.13 bits per heavy atom. The SMILES string of the molecule is C[C@@H](NC(=O)CCC(C)(C)NC(=O)OCC1c2ccccc2-c2ccccc21)C(=O)O. The third-order valence-corrected chi connectivity index (χ3v) is 5.51. The number of benzene rings is 2. The molecule has 164 valence electrons. The fraction of sp³-hybridized carbons (Fsp3) is 0.375. The molecule has 2 amide bonds. The van der Waals surface area contributed by atoms with E-state index in [9.17, 15) is 14.4 Å². The molecule has 1 aliphatic rings. The molecule has 0 saturated heterocycles. The van der Waals surface area contributed by atoms with Crippen LogP contribution in [0.1, 0.15) is 50.7 Å². The average molecular weight is 424 g/mol. The Morgan fingerprint density at radius 2 is 1.58 bits per heavy atom. The second-order valence-corrected chi connectivity index (χ2v) is 8.46. The van der Waals surface area contributed by atoms with E-state index in [-0.39, 0.29) is 24.9 Å². The summed E-state index contributed by atoms with van der Waals surface area (Å²) in [6.07, 6.45) is -0.116. The minimum Gasteiger partial charge on any atom is -0.480 e. The molecule has 0 fully saturated rings. The van der Waals surface area contributed by atoms with Crippen LogP contribution in [0.5, 0.6) is 0 Å². The van der Waals surface area contributed by atoms with E-state index >= 15 is 0 Å². The molecule has 7 heteroatoms. The molecular formula is C24H28N2O5. The number of carboxylic acid groups (broad SMARTS) is 1. The molecule has 0 aliphatic heterocycles. The van der Waals surface area contributed by atoms with Crippen LogP contribution >= 0.6 is 0 Å². The Hall–Kier alpha value is -3.35. The van der Waals surface area contributed by atoms with Crippen molar-refractivity contribution in [3.63, 3.8) is 0 Å². The number of alkyl carbamates (subject to hydrolysis) is 1. The van der Waals surface area contributed by atoms with Gasteiger partial charge in [-0.15, -0.1) is 0 Å². The van der Waals surface area contributed by atoms with E-state index in [0.717, 1.165) is 22.3 Å². The maximum Gasteiger partial charge on any atom is 0.407 e. The van der Waals surface area contributed by atoms with E-state index in [2.05, 4.69) is 34.9 Å². The van der Waals surface area contributed by atoms with Crippen molar-refractivity contribution in [1.82, 2.24) is 10.6 Å². The van der Waals surface area contributed by atoms with Gasteiger partial charge in [0.1, 0.15) is 12.6 Å². The summed E-state index contributed by atoms with van der Waals surface area (Å²) in [5.74, 6) is -1.49. The van der Waals surface area contributed by atoms with Crippen molar-refractivity contribution in [1.29, 1.82) is 0 Å². The largest absolute Gasteiger partial charge is 0.480 e. The monoisotopic (exact) mass is 424 g/mol. The van der Waals surface area contributed by atoms with Crippen LogP contribution < -0.4 is 10.6 Å². The molecule has 2 aromatic rings. The number of amides is 2. The Bertz CT molecular complexity index is 940. The number of ether oxygens (including phenoxy) is 1. The topological polar surface area (TPSA) is 105 Å². The van der Waals surface area contributed by atoms with E-state index in [0.29, 0.717) is 6.42 Å². The molecule has 3 N–H and O–H groups in total. The van der Waals surface area contributed by atoms with Crippen molar-refractivity contribution in [3.8, 4) is 11.1 Å². The summed E-state index contributed by atoms with van der Waals surface area (Å²) in [6.45, 7) is 5.21. The maximum atomic E-state index is 12.4. The van der Waals surface area contributed by atoms with Gasteiger partial charge in [-0.05, 0) is 49.4 Å². The van der Waals surface area contributed by atoms with Gasteiger partial charge in [-0.2, -0.15) is 0 Å². The highest BCUT2D eigenvalue weighted by Gasteiger charge is 2.30. The minimum atomic E-state index is -1.09. The van der Waals surface area contributed by atoms with Gasteiger partial charge in [0.15, 0.2) is 0 Å². The summed E-state index contributed by atoms with van der Waals surface area (Å²) in [4.78, 5) is 35.2. The van der Waals surface area contributed by atoms with Crippen molar-refractivity contribution in [2.75, 3.05) is 6.61 Å². The Kier molecular flexibility index (Phi) is 6.63. The zero-order valence-corrected chi connectivity index (χ0v) is 18.0. The molecule has 1 atom stereocenters. The number of hydrogen-bond donors (Lipinski definition) is 3. The molecule has 0 bridgehead atoms. The lowest BCUT2D eigenvalue weighted by molar-refractivity contribution is -0.141. The van der Waals surface area contributed by atoms with Crippen LogP contribution in [0.3, 0.4) is 0 Å². The highest BCUT2D eigenvalue weighted by atomic mass is 16.5. The normalized spacial score (nSPS) is 13.6. The number of rotatable bonds is 8. The lowest BCUT2D eigenvalue weighted by atomic mass is 9.98. The Morgan fingerprint density at radius 1 is 1.03 bits per heavy atom. The van der Waals surface area contributed by atoms with Gasteiger partial charge in [0, 0.05) is 17.9 Å². The third kappa shape index (κ3) is 5.42. The maximum absolute atomic E-state index is 12.4. The smallest absolute Gasteiger partial charge is 0.407 e. The standard InChI is InChI=1S/C24H28N2O5/c1-15(22(28)29)25-21(27)12-13-24(2,3)26-23(30)31-14-20-18-10-6-4-8-16(18)17-9-5-7-11-19(17)20/h4-11,15,20H,12-14H2,1-3H3,(H,25,27)(H,26,30)(H,28,29)/t15-/m1/s1.